The highest BCUT2D eigenvalue weighted by molar-refractivity contribution is 7.99. The first-order valence-electron chi connectivity index (χ1n) is 9.67. The van der Waals surface area contributed by atoms with E-state index in [1.807, 2.05) is 36.4 Å². The van der Waals surface area contributed by atoms with Gasteiger partial charge in [0.25, 0.3) is 0 Å². The first-order valence-corrected chi connectivity index (χ1v) is 11.9. The number of benzene rings is 1. The number of para-hydroxylation sites is 1. The van der Waals surface area contributed by atoms with E-state index in [1.165, 1.54) is 25.1 Å². The van der Waals surface area contributed by atoms with Crippen molar-refractivity contribution in [2.24, 2.45) is 0 Å². The van der Waals surface area contributed by atoms with Crippen molar-refractivity contribution in [3.63, 3.8) is 0 Å². The molecule has 0 aliphatic heterocycles. The van der Waals surface area contributed by atoms with Gasteiger partial charge < -0.3 is 15.8 Å². The maximum Gasteiger partial charge on any atom is 0.336 e. The number of methoxy groups -OCH3 is 1. The number of thiophene rings is 1. The Labute approximate surface area is 198 Å². The van der Waals surface area contributed by atoms with Crippen LogP contribution in [0.4, 0.5) is 10.7 Å². The van der Waals surface area contributed by atoms with Gasteiger partial charge in [0.15, 0.2) is 11.8 Å². The van der Waals surface area contributed by atoms with Crippen molar-refractivity contribution in [2.75, 3.05) is 30.2 Å². The molecule has 0 spiro atoms. The van der Waals surface area contributed by atoms with Crippen LogP contribution < -0.4 is 11.1 Å². The monoisotopic (exact) mass is 483 g/mol. The topological polar surface area (TPSA) is 140 Å². The number of nitrogen functional groups attached to an aromatic ring is 1. The van der Waals surface area contributed by atoms with Crippen molar-refractivity contribution in [2.45, 2.75) is 13.0 Å². The second-order valence-electron chi connectivity index (χ2n) is 6.88. The normalized spacial score (nSPS) is 11.5. The van der Waals surface area contributed by atoms with E-state index in [4.69, 9.17) is 10.5 Å². The Hall–Kier alpha value is -3.62. The third-order valence-electron chi connectivity index (χ3n) is 4.84. The molecule has 0 saturated carbocycles. The number of hydrogen-bond donors (Lipinski definition) is 2. The second kappa shape index (κ2) is 10.3. The Morgan fingerprint density at radius 1 is 1.33 bits per heavy atom. The molecule has 0 aliphatic carbocycles. The number of Topliss-reactive ketones (excluding diaryl/α,β-unsaturated/α-hetero) is 1. The highest BCUT2D eigenvalue weighted by Crippen LogP contribution is 2.37. The standard InChI is InChI=1S/C22H21N5O4S2/c1-12-15(10-25-27(12)13-7-5-4-6-8-13)19(29)20-17(24)14(9-23)21(33-20)26-18(22(30)31-2)16(28)11-32-3/h4-8,10,18,26H,11,24H2,1-3H3. The van der Waals surface area contributed by atoms with Gasteiger partial charge in [-0.3, -0.25) is 9.59 Å². The van der Waals surface area contributed by atoms with Gasteiger partial charge in [0.1, 0.15) is 21.5 Å². The zero-order valence-corrected chi connectivity index (χ0v) is 19.8. The predicted molar refractivity (Wildman–Crippen MR) is 128 cm³/mol. The summed E-state index contributed by atoms with van der Waals surface area (Å²) in [6.45, 7) is 1.76. The molecule has 9 nitrogen and oxygen atoms in total. The van der Waals surface area contributed by atoms with E-state index in [0.717, 1.165) is 17.0 Å². The van der Waals surface area contributed by atoms with Gasteiger partial charge in [-0.25, -0.2) is 9.48 Å². The Balaban J connectivity index is 1.98. The number of carbonyl (C=O) groups excluding carboxylic acids is 3. The minimum Gasteiger partial charge on any atom is -0.467 e. The second-order valence-corrected chi connectivity index (χ2v) is 8.77. The van der Waals surface area contributed by atoms with Crippen LogP contribution in [0.1, 0.15) is 26.5 Å². The van der Waals surface area contributed by atoms with E-state index in [1.54, 1.807) is 17.9 Å². The molecule has 2 aromatic heterocycles. The molecule has 11 heteroatoms. The molecule has 1 unspecified atom stereocenters. The number of hydrogen-bond acceptors (Lipinski definition) is 10. The van der Waals surface area contributed by atoms with Gasteiger partial charge >= 0.3 is 5.97 Å². The summed E-state index contributed by atoms with van der Waals surface area (Å²) in [4.78, 5) is 38.0. The minimum atomic E-state index is -1.32. The van der Waals surface area contributed by atoms with E-state index in [-0.39, 0.29) is 26.9 Å². The number of anilines is 2. The van der Waals surface area contributed by atoms with Crippen molar-refractivity contribution in [3.05, 3.63) is 58.2 Å². The van der Waals surface area contributed by atoms with Gasteiger partial charge in [-0.15, -0.1) is 11.3 Å². The van der Waals surface area contributed by atoms with Crippen LogP contribution >= 0.6 is 23.1 Å². The Bertz CT molecular complexity index is 1240. The summed E-state index contributed by atoms with van der Waals surface area (Å²) in [5, 5.41) is 16.8. The number of nitrogens with one attached hydrogen (secondary N) is 1. The molecular weight excluding hydrogens is 462 g/mol. The summed E-state index contributed by atoms with van der Waals surface area (Å²) in [6.07, 6.45) is 3.17. The first kappa shape index (κ1) is 24.0. The molecule has 170 valence electrons. The lowest BCUT2D eigenvalue weighted by atomic mass is 10.1. The SMILES string of the molecule is COC(=O)C(Nc1sc(C(=O)c2cnn(-c3ccccc3)c2C)c(N)c1C#N)C(=O)CSC. The number of nitrogens with two attached hydrogens (primary N) is 1. The van der Waals surface area contributed by atoms with Crippen molar-refractivity contribution in [3.8, 4) is 11.8 Å². The minimum absolute atomic E-state index is 0.0118. The summed E-state index contributed by atoms with van der Waals surface area (Å²) in [5.41, 5.74) is 7.82. The van der Waals surface area contributed by atoms with E-state index in [9.17, 15) is 19.6 Å². The van der Waals surface area contributed by atoms with Crippen LogP contribution in [-0.2, 0) is 14.3 Å². The fourth-order valence-electron chi connectivity index (χ4n) is 3.15. The average Bonchev–Trinajstić information content (AvgIpc) is 3.36. The van der Waals surface area contributed by atoms with Gasteiger partial charge in [-0.1, -0.05) is 18.2 Å². The molecule has 0 aliphatic rings. The largest absolute Gasteiger partial charge is 0.467 e. The lowest BCUT2D eigenvalue weighted by molar-refractivity contribution is -0.144. The molecule has 3 rings (SSSR count). The first-order chi connectivity index (χ1) is 15.8. The van der Waals surface area contributed by atoms with Crippen molar-refractivity contribution in [1.82, 2.24) is 9.78 Å². The van der Waals surface area contributed by atoms with Crippen LogP contribution in [0.2, 0.25) is 0 Å². The summed E-state index contributed by atoms with van der Waals surface area (Å²) < 4.78 is 6.36. The van der Waals surface area contributed by atoms with Crippen LogP contribution in [0.25, 0.3) is 5.69 Å². The van der Waals surface area contributed by atoms with Crippen LogP contribution in [0, 0.1) is 18.3 Å². The molecule has 1 aromatic carbocycles. The molecule has 3 aromatic rings. The van der Waals surface area contributed by atoms with Crippen LogP contribution in [0.3, 0.4) is 0 Å². The number of carbonyl (C=O) groups is 3. The van der Waals surface area contributed by atoms with E-state index < -0.39 is 23.6 Å². The molecule has 0 fully saturated rings. The highest BCUT2D eigenvalue weighted by atomic mass is 32.2. The van der Waals surface area contributed by atoms with Gasteiger partial charge in [-0.2, -0.15) is 22.1 Å². The quantitative estimate of drug-likeness (QED) is 0.267. The number of nitrogens with zero attached hydrogens (tertiary/aromatic N) is 3. The molecule has 33 heavy (non-hydrogen) atoms. The van der Waals surface area contributed by atoms with Crippen molar-refractivity contribution < 1.29 is 19.1 Å². The van der Waals surface area contributed by atoms with E-state index >= 15 is 0 Å². The fraction of sp³-hybridized carbons (Fsp3) is 0.227. The van der Waals surface area contributed by atoms with Crippen molar-refractivity contribution in [1.29, 1.82) is 5.26 Å². The number of ketones is 2. The molecular formula is C22H21N5O4S2. The Morgan fingerprint density at radius 2 is 2.03 bits per heavy atom. The average molecular weight is 484 g/mol. The number of nitriles is 1. The molecule has 0 bridgehead atoms. The maximum atomic E-state index is 13.3. The van der Waals surface area contributed by atoms with E-state index in [2.05, 4.69) is 10.4 Å². The maximum absolute atomic E-state index is 13.3. The summed E-state index contributed by atoms with van der Waals surface area (Å²) in [6, 6.07) is 9.96. The van der Waals surface area contributed by atoms with Gasteiger partial charge in [0.2, 0.25) is 5.78 Å². The highest BCUT2D eigenvalue weighted by Gasteiger charge is 2.31. The van der Waals surface area contributed by atoms with Crippen LogP contribution in [0.5, 0.6) is 0 Å². The van der Waals surface area contributed by atoms with Gasteiger partial charge in [-0.05, 0) is 25.3 Å². The predicted octanol–water partition coefficient (Wildman–Crippen LogP) is 2.81. The number of rotatable bonds is 9. The molecule has 0 amide bonds. The molecule has 3 N–H and O–H groups in total. The Morgan fingerprint density at radius 3 is 2.64 bits per heavy atom. The molecule has 2 heterocycles. The molecule has 0 radical (unpaired) electrons. The van der Waals surface area contributed by atoms with Crippen molar-refractivity contribution >= 4 is 51.3 Å². The summed E-state index contributed by atoms with van der Waals surface area (Å²) in [5.74, 6) is -1.55. The zero-order chi connectivity index (χ0) is 24.1. The third kappa shape index (κ3) is 4.76. The summed E-state index contributed by atoms with van der Waals surface area (Å²) >= 11 is 2.16. The lowest BCUT2D eigenvalue weighted by Crippen LogP contribution is -2.39. The number of thioether (sulfide) groups is 1. The molecule has 1 atom stereocenters. The van der Waals surface area contributed by atoms with Gasteiger partial charge in [0.05, 0.1) is 41.7 Å². The Kier molecular flexibility index (Phi) is 7.52. The number of aromatic nitrogens is 2. The molecule has 0 saturated heterocycles. The smallest absolute Gasteiger partial charge is 0.336 e. The number of esters is 1. The third-order valence-corrected chi connectivity index (χ3v) is 6.55. The van der Waals surface area contributed by atoms with Gasteiger partial charge in [0, 0.05) is 0 Å². The zero-order valence-electron chi connectivity index (χ0n) is 18.1. The number of ether oxygens (including phenoxy) is 1. The summed E-state index contributed by atoms with van der Waals surface area (Å²) in [7, 11) is 1.17. The fourth-order valence-corrected chi connectivity index (χ4v) is 4.66. The lowest BCUT2D eigenvalue weighted by Gasteiger charge is -2.15. The van der Waals surface area contributed by atoms with E-state index in [0.29, 0.717) is 11.3 Å². The van der Waals surface area contributed by atoms with Crippen LogP contribution in [0.15, 0.2) is 36.5 Å². The van der Waals surface area contributed by atoms with Crippen LogP contribution in [-0.4, -0.2) is 52.5 Å².